The van der Waals surface area contributed by atoms with Gasteiger partial charge in [0.25, 0.3) is 5.91 Å². The largest absolute Gasteiger partial charge is 0.355 e. The van der Waals surface area contributed by atoms with Crippen LogP contribution in [0.2, 0.25) is 0 Å². The highest BCUT2D eigenvalue weighted by molar-refractivity contribution is 5.94. The number of nitrogens with zero attached hydrogens (tertiary/aromatic N) is 1. The maximum absolute atomic E-state index is 12.2. The molecule has 1 atom stereocenters. The lowest BCUT2D eigenvalue weighted by Crippen LogP contribution is -2.51. The molecule has 5 nitrogen and oxygen atoms in total. The Morgan fingerprint density at radius 2 is 1.85 bits per heavy atom. The molecular weight excluding hydrogens is 254 g/mol. The SMILES string of the molecule is CCC(C)(N)C(=O)N(C)Cc1ccc(C(=O)NC)cc1. The monoisotopic (exact) mass is 277 g/mol. The summed E-state index contributed by atoms with van der Waals surface area (Å²) in [6, 6.07) is 7.17. The summed E-state index contributed by atoms with van der Waals surface area (Å²) in [7, 11) is 3.32. The van der Waals surface area contributed by atoms with E-state index in [-0.39, 0.29) is 11.8 Å². The zero-order chi connectivity index (χ0) is 15.3. The van der Waals surface area contributed by atoms with E-state index in [9.17, 15) is 9.59 Å². The second-order valence-corrected chi connectivity index (χ2v) is 5.21. The van der Waals surface area contributed by atoms with E-state index in [2.05, 4.69) is 5.32 Å². The van der Waals surface area contributed by atoms with Gasteiger partial charge in [-0.1, -0.05) is 19.1 Å². The van der Waals surface area contributed by atoms with Crippen molar-refractivity contribution in [2.24, 2.45) is 5.73 Å². The molecule has 0 spiro atoms. The topological polar surface area (TPSA) is 75.4 Å². The van der Waals surface area contributed by atoms with Gasteiger partial charge in [-0.3, -0.25) is 9.59 Å². The summed E-state index contributed by atoms with van der Waals surface area (Å²) in [5.74, 6) is -0.211. The van der Waals surface area contributed by atoms with Crippen molar-refractivity contribution >= 4 is 11.8 Å². The number of benzene rings is 1. The average molecular weight is 277 g/mol. The Balaban J connectivity index is 2.74. The predicted molar refractivity (Wildman–Crippen MR) is 79.2 cm³/mol. The van der Waals surface area contributed by atoms with Crippen LogP contribution in [0.15, 0.2) is 24.3 Å². The number of nitrogens with two attached hydrogens (primary N) is 1. The van der Waals surface area contributed by atoms with Gasteiger partial charge in [0.1, 0.15) is 0 Å². The van der Waals surface area contributed by atoms with Crippen LogP contribution in [-0.2, 0) is 11.3 Å². The molecule has 0 saturated carbocycles. The second-order valence-electron chi connectivity index (χ2n) is 5.21. The Kier molecular flexibility index (Phi) is 5.27. The van der Waals surface area contributed by atoms with Crippen LogP contribution in [0.3, 0.4) is 0 Å². The van der Waals surface area contributed by atoms with Gasteiger partial charge in [-0.25, -0.2) is 0 Å². The summed E-state index contributed by atoms with van der Waals surface area (Å²) in [6.45, 7) is 4.10. The summed E-state index contributed by atoms with van der Waals surface area (Å²) in [5, 5.41) is 2.57. The van der Waals surface area contributed by atoms with Crippen molar-refractivity contribution in [3.63, 3.8) is 0 Å². The van der Waals surface area contributed by atoms with E-state index in [1.54, 1.807) is 38.1 Å². The van der Waals surface area contributed by atoms with Crippen molar-refractivity contribution < 1.29 is 9.59 Å². The Morgan fingerprint density at radius 3 is 2.30 bits per heavy atom. The summed E-state index contributed by atoms with van der Waals surface area (Å²) in [5.41, 5.74) is 6.67. The van der Waals surface area contributed by atoms with Crippen LogP contribution >= 0.6 is 0 Å². The van der Waals surface area contributed by atoms with E-state index in [1.807, 2.05) is 19.1 Å². The van der Waals surface area contributed by atoms with Gasteiger partial charge in [-0.2, -0.15) is 0 Å². The number of amides is 2. The van der Waals surface area contributed by atoms with Gasteiger partial charge in [-0.05, 0) is 31.0 Å². The fourth-order valence-electron chi connectivity index (χ4n) is 1.84. The standard InChI is InChI=1S/C15H23N3O2/c1-5-15(2,16)14(20)18(4)10-11-6-8-12(9-7-11)13(19)17-3/h6-9H,5,10,16H2,1-4H3,(H,17,19). The van der Waals surface area contributed by atoms with Gasteiger partial charge in [-0.15, -0.1) is 0 Å². The van der Waals surface area contributed by atoms with Crippen LogP contribution in [0.1, 0.15) is 36.2 Å². The molecular formula is C15H23N3O2. The molecule has 0 aromatic heterocycles. The lowest BCUT2D eigenvalue weighted by molar-refractivity contribution is -0.135. The average Bonchev–Trinajstić information content (AvgIpc) is 2.46. The quantitative estimate of drug-likeness (QED) is 0.847. The molecule has 0 fully saturated rings. The van der Waals surface area contributed by atoms with Crippen LogP contribution in [0.4, 0.5) is 0 Å². The highest BCUT2D eigenvalue weighted by Crippen LogP contribution is 2.12. The molecule has 0 aliphatic rings. The van der Waals surface area contributed by atoms with Gasteiger partial charge < -0.3 is 16.0 Å². The van der Waals surface area contributed by atoms with Gasteiger partial charge in [0.15, 0.2) is 0 Å². The first kappa shape index (κ1) is 16.2. The fourth-order valence-corrected chi connectivity index (χ4v) is 1.84. The van der Waals surface area contributed by atoms with Crippen LogP contribution < -0.4 is 11.1 Å². The molecule has 110 valence electrons. The molecule has 0 aliphatic carbocycles. The smallest absolute Gasteiger partial charge is 0.251 e. The van der Waals surface area contributed by atoms with Crippen molar-refractivity contribution in [2.45, 2.75) is 32.4 Å². The second kappa shape index (κ2) is 6.52. The first-order valence-electron chi connectivity index (χ1n) is 6.67. The molecule has 1 rings (SSSR count). The number of carbonyl (C=O) groups is 2. The Morgan fingerprint density at radius 1 is 1.30 bits per heavy atom. The molecule has 0 bridgehead atoms. The summed E-state index contributed by atoms with van der Waals surface area (Å²) in [6.07, 6.45) is 0.589. The third kappa shape index (κ3) is 3.81. The number of likely N-dealkylation sites (N-methyl/N-ethyl adjacent to an activating group) is 1. The van der Waals surface area contributed by atoms with Gasteiger partial charge in [0, 0.05) is 26.2 Å². The van der Waals surface area contributed by atoms with Crippen molar-refractivity contribution in [1.29, 1.82) is 0 Å². The normalized spacial score (nSPS) is 13.4. The van der Waals surface area contributed by atoms with Crippen molar-refractivity contribution in [3.05, 3.63) is 35.4 Å². The molecule has 5 heteroatoms. The maximum atomic E-state index is 12.2. The highest BCUT2D eigenvalue weighted by Gasteiger charge is 2.28. The van der Waals surface area contributed by atoms with Gasteiger partial charge >= 0.3 is 0 Å². The highest BCUT2D eigenvalue weighted by atomic mass is 16.2. The minimum atomic E-state index is -0.837. The number of carbonyl (C=O) groups excluding carboxylic acids is 2. The summed E-state index contributed by atoms with van der Waals surface area (Å²) < 4.78 is 0. The zero-order valence-electron chi connectivity index (χ0n) is 12.6. The van der Waals surface area contributed by atoms with Crippen LogP contribution in [0.5, 0.6) is 0 Å². The number of hydrogen-bond acceptors (Lipinski definition) is 3. The maximum Gasteiger partial charge on any atom is 0.251 e. The molecule has 20 heavy (non-hydrogen) atoms. The molecule has 1 aromatic rings. The third-order valence-electron chi connectivity index (χ3n) is 3.43. The molecule has 1 aromatic carbocycles. The molecule has 2 amide bonds. The van der Waals surface area contributed by atoms with Crippen LogP contribution in [0.25, 0.3) is 0 Å². The van der Waals surface area contributed by atoms with E-state index >= 15 is 0 Å². The summed E-state index contributed by atoms with van der Waals surface area (Å²) in [4.78, 5) is 25.2. The van der Waals surface area contributed by atoms with E-state index in [1.165, 1.54) is 0 Å². The molecule has 3 N–H and O–H groups in total. The number of hydrogen-bond donors (Lipinski definition) is 2. The summed E-state index contributed by atoms with van der Waals surface area (Å²) >= 11 is 0. The van der Waals surface area contributed by atoms with Crippen LogP contribution in [0, 0.1) is 0 Å². The Hall–Kier alpha value is -1.88. The minimum Gasteiger partial charge on any atom is -0.355 e. The first-order chi connectivity index (χ1) is 9.31. The Bertz CT molecular complexity index is 480. The molecule has 0 saturated heterocycles. The molecule has 1 unspecified atom stereocenters. The molecule has 0 heterocycles. The molecule has 0 aliphatic heterocycles. The van der Waals surface area contributed by atoms with E-state index in [4.69, 9.17) is 5.73 Å². The van der Waals surface area contributed by atoms with E-state index in [0.717, 1.165) is 5.56 Å². The fraction of sp³-hybridized carbons (Fsp3) is 0.467. The minimum absolute atomic E-state index is 0.0876. The zero-order valence-corrected chi connectivity index (χ0v) is 12.6. The first-order valence-corrected chi connectivity index (χ1v) is 6.67. The van der Waals surface area contributed by atoms with Crippen molar-refractivity contribution in [2.75, 3.05) is 14.1 Å². The predicted octanol–water partition coefficient (Wildman–Crippen LogP) is 1.13. The van der Waals surface area contributed by atoms with Gasteiger partial charge in [0.05, 0.1) is 5.54 Å². The van der Waals surface area contributed by atoms with Crippen molar-refractivity contribution in [3.8, 4) is 0 Å². The molecule has 0 radical (unpaired) electrons. The van der Waals surface area contributed by atoms with Gasteiger partial charge in [0.2, 0.25) is 5.91 Å². The van der Waals surface area contributed by atoms with Crippen LogP contribution in [-0.4, -0.2) is 36.3 Å². The van der Waals surface area contributed by atoms with E-state index in [0.29, 0.717) is 18.5 Å². The number of rotatable bonds is 5. The lowest BCUT2D eigenvalue weighted by Gasteiger charge is -2.28. The lowest BCUT2D eigenvalue weighted by atomic mass is 9.98. The number of nitrogens with one attached hydrogen (secondary N) is 1. The Labute approximate surface area is 120 Å². The third-order valence-corrected chi connectivity index (χ3v) is 3.43. The van der Waals surface area contributed by atoms with Crippen molar-refractivity contribution in [1.82, 2.24) is 10.2 Å². The van der Waals surface area contributed by atoms with E-state index < -0.39 is 5.54 Å².